The Morgan fingerprint density at radius 3 is 2.74 bits per heavy atom. The fourth-order valence-electron chi connectivity index (χ4n) is 1.30. The van der Waals surface area contributed by atoms with Gasteiger partial charge in [-0.1, -0.05) is 0 Å². The van der Waals surface area contributed by atoms with Crippen molar-refractivity contribution in [2.75, 3.05) is 6.61 Å². The van der Waals surface area contributed by atoms with Crippen LogP contribution in [0.5, 0.6) is 0 Å². The van der Waals surface area contributed by atoms with Crippen molar-refractivity contribution in [3.05, 3.63) is 35.4 Å². The number of carbonyl (C=O) groups excluding carboxylic acids is 1. The summed E-state index contributed by atoms with van der Waals surface area (Å²) in [5, 5.41) is 3.26. The minimum Gasteiger partial charge on any atom is -0.460 e. The summed E-state index contributed by atoms with van der Waals surface area (Å²) in [5.74, 6) is -6.21. The summed E-state index contributed by atoms with van der Waals surface area (Å²) in [6, 6.07) is 1.64. The molecule has 100 valence electrons. The maximum atomic E-state index is 13.4. The second-order valence-corrected chi connectivity index (χ2v) is 3.37. The number of benzene rings is 1. The lowest BCUT2D eigenvalue weighted by molar-refractivity contribution is 0.0508. The van der Waals surface area contributed by atoms with Gasteiger partial charge in [-0.05, 0) is 24.2 Å². The molecule has 0 radical (unpaired) electrons. The number of hydrogen-bond donors (Lipinski definition) is 0. The SMILES string of the molecule is CCOC(=O)c1noc(-c2ccc(F)c(F)c2F)n1. The summed E-state index contributed by atoms with van der Waals surface area (Å²) >= 11 is 0. The zero-order valence-electron chi connectivity index (χ0n) is 9.61. The summed E-state index contributed by atoms with van der Waals surface area (Å²) in [4.78, 5) is 14.8. The van der Waals surface area contributed by atoms with Crippen LogP contribution >= 0.6 is 0 Å². The molecule has 0 saturated heterocycles. The van der Waals surface area contributed by atoms with Crippen LogP contribution in [0.2, 0.25) is 0 Å². The maximum absolute atomic E-state index is 13.4. The Kier molecular flexibility index (Phi) is 3.50. The quantitative estimate of drug-likeness (QED) is 0.633. The molecule has 2 rings (SSSR count). The van der Waals surface area contributed by atoms with Crippen LogP contribution in [0, 0.1) is 17.5 Å². The molecule has 0 bridgehead atoms. The average Bonchev–Trinajstić information content (AvgIpc) is 2.86. The van der Waals surface area contributed by atoms with Crippen LogP contribution in [-0.4, -0.2) is 22.7 Å². The van der Waals surface area contributed by atoms with Crippen LogP contribution in [0.3, 0.4) is 0 Å². The van der Waals surface area contributed by atoms with Gasteiger partial charge in [0.25, 0.3) is 11.7 Å². The third-order valence-electron chi connectivity index (χ3n) is 2.15. The Morgan fingerprint density at radius 1 is 1.32 bits per heavy atom. The van der Waals surface area contributed by atoms with Gasteiger partial charge in [0.15, 0.2) is 17.5 Å². The molecule has 8 heteroatoms. The molecule has 1 heterocycles. The van der Waals surface area contributed by atoms with E-state index in [1.165, 1.54) is 0 Å². The number of esters is 1. The molecule has 1 aromatic heterocycles. The molecule has 0 fully saturated rings. The van der Waals surface area contributed by atoms with Gasteiger partial charge in [-0.3, -0.25) is 0 Å². The largest absolute Gasteiger partial charge is 0.460 e. The Labute approximate surface area is 105 Å². The van der Waals surface area contributed by atoms with Gasteiger partial charge in [0.2, 0.25) is 0 Å². The van der Waals surface area contributed by atoms with E-state index < -0.39 is 40.7 Å². The molecule has 0 aliphatic rings. The Hall–Kier alpha value is -2.38. The zero-order valence-corrected chi connectivity index (χ0v) is 9.61. The first-order valence-electron chi connectivity index (χ1n) is 5.19. The molecule has 0 atom stereocenters. The molecule has 1 aromatic carbocycles. The van der Waals surface area contributed by atoms with E-state index in [4.69, 9.17) is 0 Å². The number of nitrogens with zero attached hydrogens (tertiary/aromatic N) is 2. The molecule has 0 spiro atoms. The highest BCUT2D eigenvalue weighted by atomic mass is 19.2. The van der Waals surface area contributed by atoms with Crippen LogP contribution in [0.15, 0.2) is 16.7 Å². The molecule has 19 heavy (non-hydrogen) atoms. The third kappa shape index (κ3) is 2.42. The lowest BCUT2D eigenvalue weighted by Gasteiger charge is -1.99. The van der Waals surface area contributed by atoms with E-state index in [1.807, 2.05) is 0 Å². The Morgan fingerprint density at radius 2 is 2.05 bits per heavy atom. The number of halogens is 3. The summed E-state index contributed by atoms with van der Waals surface area (Å²) in [6.45, 7) is 1.68. The molecule has 0 N–H and O–H groups in total. The van der Waals surface area contributed by atoms with Gasteiger partial charge < -0.3 is 9.26 Å². The first-order chi connectivity index (χ1) is 9.04. The molecule has 0 unspecified atom stereocenters. The Bertz CT molecular complexity index is 628. The molecular formula is C11H7F3N2O3. The lowest BCUT2D eigenvalue weighted by Crippen LogP contribution is -2.06. The highest BCUT2D eigenvalue weighted by Gasteiger charge is 2.22. The van der Waals surface area contributed by atoms with E-state index >= 15 is 0 Å². The fraction of sp³-hybridized carbons (Fsp3) is 0.182. The minimum absolute atomic E-state index is 0.0994. The summed E-state index contributed by atoms with van der Waals surface area (Å²) in [5.41, 5.74) is -0.443. The van der Waals surface area contributed by atoms with Gasteiger partial charge in [-0.25, -0.2) is 18.0 Å². The second-order valence-electron chi connectivity index (χ2n) is 3.37. The molecule has 0 amide bonds. The summed E-state index contributed by atoms with van der Waals surface area (Å²) in [7, 11) is 0. The average molecular weight is 272 g/mol. The van der Waals surface area contributed by atoms with Crippen molar-refractivity contribution in [2.45, 2.75) is 6.92 Å². The van der Waals surface area contributed by atoms with E-state index in [0.29, 0.717) is 6.07 Å². The smallest absolute Gasteiger partial charge is 0.379 e. The van der Waals surface area contributed by atoms with E-state index in [-0.39, 0.29) is 6.61 Å². The van der Waals surface area contributed by atoms with Crippen molar-refractivity contribution in [3.8, 4) is 11.5 Å². The van der Waals surface area contributed by atoms with Gasteiger partial charge in [0.05, 0.1) is 12.2 Å². The van der Waals surface area contributed by atoms with E-state index in [0.717, 1.165) is 6.07 Å². The molecule has 0 saturated carbocycles. The first-order valence-corrected chi connectivity index (χ1v) is 5.19. The fourth-order valence-corrected chi connectivity index (χ4v) is 1.30. The molecule has 2 aromatic rings. The van der Waals surface area contributed by atoms with Crippen LogP contribution in [0.4, 0.5) is 13.2 Å². The molecular weight excluding hydrogens is 265 g/mol. The number of aromatic nitrogens is 2. The number of ether oxygens (including phenoxy) is 1. The zero-order chi connectivity index (χ0) is 14.0. The molecule has 0 aliphatic heterocycles. The normalized spacial score (nSPS) is 10.5. The van der Waals surface area contributed by atoms with Crippen molar-refractivity contribution in [1.29, 1.82) is 0 Å². The van der Waals surface area contributed by atoms with Crippen LogP contribution in [0.1, 0.15) is 17.5 Å². The van der Waals surface area contributed by atoms with Crippen LogP contribution in [-0.2, 0) is 4.74 Å². The summed E-state index contributed by atoms with van der Waals surface area (Å²) in [6.07, 6.45) is 0. The predicted molar refractivity (Wildman–Crippen MR) is 55.6 cm³/mol. The number of rotatable bonds is 3. The van der Waals surface area contributed by atoms with Crippen LogP contribution in [0.25, 0.3) is 11.5 Å². The monoisotopic (exact) mass is 272 g/mol. The highest BCUT2D eigenvalue weighted by Crippen LogP contribution is 2.24. The van der Waals surface area contributed by atoms with Crippen molar-refractivity contribution in [2.24, 2.45) is 0 Å². The lowest BCUT2D eigenvalue weighted by atomic mass is 10.2. The van der Waals surface area contributed by atoms with Crippen molar-refractivity contribution >= 4 is 5.97 Å². The van der Waals surface area contributed by atoms with E-state index in [1.54, 1.807) is 6.92 Å². The topological polar surface area (TPSA) is 65.2 Å². The van der Waals surface area contributed by atoms with E-state index in [2.05, 4.69) is 19.4 Å². The summed E-state index contributed by atoms with van der Waals surface area (Å²) < 4.78 is 48.4. The maximum Gasteiger partial charge on any atom is 0.379 e. The number of hydrogen-bond acceptors (Lipinski definition) is 5. The van der Waals surface area contributed by atoms with E-state index in [9.17, 15) is 18.0 Å². The highest BCUT2D eigenvalue weighted by molar-refractivity contribution is 5.85. The standard InChI is InChI=1S/C11H7F3N2O3/c1-2-18-11(17)9-15-10(19-16-9)5-3-4-6(12)8(14)7(5)13/h3-4H,2H2,1H3. The van der Waals surface area contributed by atoms with Crippen molar-refractivity contribution in [3.63, 3.8) is 0 Å². The Balaban J connectivity index is 2.38. The predicted octanol–water partition coefficient (Wildman–Crippen LogP) is 2.33. The second kappa shape index (κ2) is 5.09. The van der Waals surface area contributed by atoms with Crippen molar-refractivity contribution < 1.29 is 27.2 Å². The van der Waals surface area contributed by atoms with Gasteiger partial charge in [0.1, 0.15) is 0 Å². The minimum atomic E-state index is -1.66. The molecule has 5 nitrogen and oxygen atoms in total. The number of carbonyl (C=O) groups is 1. The van der Waals surface area contributed by atoms with Crippen LogP contribution < -0.4 is 0 Å². The first kappa shape index (κ1) is 13.1. The van der Waals surface area contributed by atoms with Gasteiger partial charge >= 0.3 is 5.97 Å². The van der Waals surface area contributed by atoms with Crippen molar-refractivity contribution in [1.82, 2.24) is 10.1 Å². The molecule has 0 aliphatic carbocycles. The van der Waals surface area contributed by atoms with Gasteiger partial charge in [0, 0.05) is 0 Å². The third-order valence-corrected chi connectivity index (χ3v) is 2.15. The van der Waals surface area contributed by atoms with Gasteiger partial charge in [-0.2, -0.15) is 4.98 Å². The van der Waals surface area contributed by atoms with Gasteiger partial charge in [-0.15, -0.1) is 0 Å².